The highest BCUT2D eigenvalue weighted by Gasteiger charge is 2.23. The first-order chi connectivity index (χ1) is 11.2. The Morgan fingerprint density at radius 3 is 2.52 bits per heavy atom. The maximum absolute atomic E-state index is 12.4. The molecule has 3 nitrogen and oxygen atoms in total. The summed E-state index contributed by atoms with van der Waals surface area (Å²) in [6, 6.07) is 18.4. The second-order valence-corrected chi connectivity index (χ2v) is 7.14. The van der Waals surface area contributed by atoms with Crippen molar-refractivity contribution in [2.45, 2.75) is 18.9 Å². The number of nitrogens with zero attached hydrogens (tertiary/aromatic N) is 1. The molecule has 0 bridgehead atoms. The summed E-state index contributed by atoms with van der Waals surface area (Å²) < 4.78 is 1.08. The van der Waals surface area contributed by atoms with Crippen molar-refractivity contribution >= 4 is 28.5 Å². The number of carbonyl (C=O) groups excluding carboxylic acids is 1. The van der Waals surface area contributed by atoms with Crippen LogP contribution in [0.1, 0.15) is 34.8 Å². The Balaban J connectivity index is 1.70. The smallest absolute Gasteiger partial charge is 0.251 e. The van der Waals surface area contributed by atoms with Crippen LogP contribution in [-0.2, 0) is 0 Å². The Bertz CT molecular complexity index is 653. The zero-order valence-corrected chi connectivity index (χ0v) is 15.2. The number of benzene rings is 2. The molecule has 23 heavy (non-hydrogen) atoms. The number of amides is 1. The third-order valence-electron chi connectivity index (χ3n) is 4.31. The van der Waals surface area contributed by atoms with Crippen LogP contribution in [0.3, 0.4) is 0 Å². The van der Waals surface area contributed by atoms with Crippen LogP contribution < -0.4 is 5.32 Å². The summed E-state index contributed by atoms with van der Waals surface area (Å²) in [4.78, 5) is 14.9. The molecule has 0 spiro atoms. The Morgan fingerprint density at radius 2 is 1.83 bits per heavy atom. The Morgan fingerprint density at radius 1 is 1.09 bits per heavy atom. The summed E-state index contributed by atoms with van der Waals surface area (Å²) in [5, 5.41) is 3.12. The zero-order chi connectivity index (χ0) is 16.1. The summed E-state index contributed by atoms with van der Waals surface area (Å²) >= 11 is 2.23. The van der Waals surface area contributed by atoms with E-state index in [1.54, 1.807) is 0 Å². The van der Waals surface area contributed by atoms with E-state index in [9.17, 15) is 4.79 Å². The molecule has 1 fully saturated rings. The number of rotatable bonds is 5. The highest BCUT2D eigenvalue weighted by atomic mass is 127. The minimum absolute atomic E-state index is 0.00337. The standard InChI is InChI=1S/C19H21IN2O/c20-17-10-6-9-16(13-17)19(23)21-14-18(22-11-4-5-12-22)15-7-2-1-3-8-15/h1-3,6-10,13,18H,4-5,11-12,14H2,(H,21,23)/t18-/m0/s1. The van der Waals surface area contributed by atoms with Gasteiger partial charge in [-0.25, -0.2) is 0 Å². The van der Waals surface area contributed by atoms with Crippen molar-refractivity contribution in [1.82, 2.24) is 10.2 Å². The van der Waals surface area contributed by atoms with Gasteiger partial charge in [-0.3, -0.25) is 9.69 Å². The van der Waals surface area contributed by atoms with Gasteiger partial charge >= 0.3 is 0 Å². The summed E-state index contributed by atoms with van der Waals surface area (Å²) in [7, 11) is 0. The molecular formula is C19H21IN2O. The Hall–Kier alpha value is -1.40. The molecule has 1 amide bonds. The number of carbonyl (C=O) groups is 1. The van der Waals surface area contributed by atoms with Crippen molar-refractivity contribution in [3.05, 3.63) is 69.3 Å². The van der Waals surface area contributed by atoms with E-state index < -0.39 is 0 Å². The summed E-state index contributed by atoms with van der Waals surface area (Å²) in [6.45, 7) is 2.87. The molecule has 1 atom stereocenters. The molecule has 0 unspecified atom stereocenters. The maximum atomic E-state index is 12.4. The van der Waals surface area contributed by atoms with Crippen LogP contribution in [0.15, 0.2) is 54.6 Å². The number of nitrogens with one attached hydrogen (secondary N) is 1. The van der Waals surface area contributed by atoms with Crippen LogP contribution in [0.2, 0.25) is 0 Å². The van der Waals surface area contributed by atoms with E-state index in [0.29, 0.717) is 6.54 Å². The van der Waals surface area contributed by atoms with Crippen molar-refractivity contribution in [2.24, 2.45) is 0 Å². The van der Waals surface area contributed by atoms with Crippen LogP contribution in [0.25, 0.3) is 0 Å². The first-order valence-corrected chi connectivity index (χ1v) is 9.15. The quantitative estimate of drug-likeness (QED) is 0.746. The molecule has 1 saturated heterocycles. The molecule has 1 heterocycles. The van der Waals surface area contributed by atoms with E-state index in [1.807, 2.05) is 30.3 Å². The minimum atomic E-state index is 0.00337. The number of halogens is 1. The first-order valence-electron chi connectivity index (χ1n) is 8.07. The van der Waals surface area contributed by atoms with Gasteiger partial charge in [0.15, 0.2) is 0 Å². The van der Waals surface area contributed by atoms with E-state index in [0.717, 1.165) is 22.2 Å². The predicted molar refractivity (Wildman–Crippen MR) is 101 cm³/mol. The van der Waals surface area contributed by atoms with Crippen LogP contribution in [0.4, 0.5) is 0 Å². The van der Waals surface area contributed by atoms with Gasteiger partial charge in [0.2, 0.25) is 0 Å². The van der Waals surface area contributed by atoms with Gasteiger partial charge in [-0.15, -0.1) is 0 Å². The van der Waals surface area contributed by atoms with E-state index in [4.69, 9.17) is 0 Å². The van der Waals surface area contributed by atoms with Gasteiger partial charge in [-0.2, -0.15) is 0 Å². The fraction of sp³-hybridized carbons (Fsp3) is 0.316. The fourth-order valence-electron chi connectivity index (χ4n) is 3.11. The fourth-order valence-corrected chi connectivity index (χ4v) is 3.65. The minimum Gasteiger partial charge on any atom is -0.350 e. The largest absolute Gasteiger partial charge is 0.350 e. The molecule has 2 aromatic rings. The third kappa shape index (κ3) is 4.32. The van der Waals surface area contributed by atoms with Crippen LogP contribution in [0, 0.1) is 3.57 Å². The zero-order valence-electron chi connectivity index (χ0n) is 13.0. The lowest BCUT2D eigenvalue weighted by atomic mass is 10.1. The van der Waals surface area contributed by atoms with Crippen molar-refractivity contribution in [3.63, 3.8) is 0 Å². The average molecular weight is 420 g/mol. The normalized spacial score (nSPS) is 16.2. The van der Waals surface area contributed by atoms with Crippen molar-refractivity contribution in [2.75, 3.05) is 19.6 Å². The number of likely N-dealkylation sites (tertiary alicyclic amines) is 1. The first kappa shape index (κ1) is 16.5. The second-order valence-electron chi connectivity index (χ2n) is 5.89. The summed E-state index contributed by atoms with van der Waals surface area (Å²) in [6.07, 6.45) is 2.49. The molecule has 120 valence electrons. The molecule has 1 N–H and O–H groups in total. The lowest BCUT2D eigenvalue weighted by molar-refractivity contribution is 0.0938. The SMILES string of the molecule is O=C(NC[C@@H](c1ccccc1)N1CCCC1)c1cccc(I)c1. The molecule has 0 aromatic heterocycles. The van der Waals surface area contributed by atoms with Gasteiger partial charge in [0.25, 0.3) is 5.91 Å². The summed E-state index contributed by atoms with van der Waals surface area (Å²) in [5.41, 5.74) is 2.00. The third-order valence-corrected chi connectivity index (χ3v) is 4.98. The van der Waals surface area contributed by atoms with Crippen LogP contribution in [-0.4, -0.2) is 30.4 Å². The molecule has 0 radical (unpaired) electrons. The molecular weight excluding hydrogens is 399 g/mol. The number of hydrogen-bond acceptors (Lipinski definition) is 2. The van der Waals surface area contributed by atoms with Gasteiger partial charge in [0.1, 0.15) is 0 Å². The second kappa shape index (κ2) is 7.93. The molecule has 0 aliphatic carbocycles. The van der Waals surface area contributed by atoms with Crippen molar-refractivity contribution in [3.8, 4) is 0 Å². The van der Waals surface area contributed by atoms with E-state index in [-0.39, 0.29) is 11.9 Å². The Kier molecular flexibility index (Phi) is 5.67. The van der Waals surface area contributed by atoms with Crippen LogP contribution >= 0.6 is 22.6 Å². The highest BCUT2D eigenvalue weighted by molar-refractivity contribution is 14.1. The topological polar surface area (TPSA) is 32.3 Å². The average Bonchev–Trinajstić information content (AvgIpc) is 3.10. The molecule has 1 aliphatic rings. The highest BCUT2D eigenvalue weighted by Crippen LogP contribution is 2.24. The lowest BCUT2D eigenvalue weighted by Crippen LogP contribution is -2.36. The van der Waals surface area contributed by atoms with Gasteiger partial charge in [0, 0.05) is 15.7 Å². The van der Waals surface area contributed by atoms with Gasteiger partial charge in [-0.1, -0.05) is 36.4 Å². The van der Waals surface area contributed by atoms with Gasteiger partial charge in [-0.05, 0) is 72.3 Å². The molecule has 0 saturated carbocycles. The van der Waals surface area contributed by atoms with E-state index in [1.165, 1.54) is 18.4 Å². The van der Waals surface area contributed by atoms with E-state index >= 15 is 0 Å². The van der Waals surface area contributed by atoms with Crippen molar-refractivity contribution in [1.29, 1.82) is 0 Å². The molecule has 3 rings (SSSR count). The summed E-state index contributed by atoms with van der Waals surface area (Å²) in [5.74, 6) is 0.00337. The van der Waals surface area contributed by atoms with Crippen LogP contribution in [0.5, 0.6) is 0 Å². The monoisotopic (exact) mass is 420 g/mol. The molecule has 4 heteroatoms. The van der Waals surface area contributed by atoms with Crippen molar-refractivity contribution < 1.29 is 4.79 Å². The Labute approximate surface area is 151 Å². The molecule has 2 aromatic carbocycles. The lowest BCUT2D eigenvalue weighted by Gasteiger charge is -2.28. The maximum Gasteiger partial charge on any atom is 0.251 e. The van der Waals surface area contributed by atoms with Gasteiger partial charge < -0.3 is 5.32 Å². The van der Waals surface area contributed by atoms with Gasteiger partial charge in [0.05, 0.1) is 6.04 Å². The van der Waals surface area contributed by atoms with E-state index in [2.05, 4.69) is 57.1 Å². The molecule has 1 aliphatic heterocycles. The predicted octanol–water partition coefficient (Wildman–Crippen LogP) is 3.86. The number of hydrogen-bond donors (Lipinski definition) is 1.